The van der Waals surface area contributed by atoms with Gasteiger partial charge in [-0.05, 0) is 42.7 Å². The quantitative estimate of drug-likeness (QED) is 0.591. The molecule has 0 saturated carbocycles. The zero-order valence-electron chi connectivity index (χ0n) is 19.2. The lowest BCUT2D eigenvalue weighted by atomic mass is 10.1. The zero-order chi connectivity index (χ0) is 23.7. The Morgan fingerprint density at radius 2 is 1.62 bits per heavy atom. The van der Waals surface area contributed by atoms with Crippen molar-refractivity contribution < 1.29 is 23.9 Å². The number of carbonyl (C=O) groups excluding carboxylic acids is 3. The molecule has 0 fully saturated rings. The van der Waals surface area contributed by atoms with Crippen LogP contribution in [-0.4, -0.2) is 56.5 Å². The molecule has 0 aromatic heterocycles. The standard InChI is InChI=1S/C24H31N3O5/c1-16(2)14-27(24(30)18-10-20(31-4)12-21(11-18)32-5)15-23(29)25-13-22(28)26-19-8-6-7-17(3)9-19/h6-12,16H,13-15H2,1-5H3,(H,25,29)(H,26,28). The average Bonchev–Trinajstić information content (AvgIpc) is 2.76. The summed E-state index contributed by atoms with van der Waals surface area (Å²) in [6, 6.07) is 12.3. The molecule has 0 radical (unpaired) electrons. The largest absolute Gasteiger partial charge is 0.497 e. The Bertz CT molecular complexity index is 936. The van der Waals surface area contributed by atoms with Gasteiger partial charge < -0.3 is 25.0 Å². The van der Waals surface area contributed by atoms with Crippen molar-refractivity contribution in [2.45, 2.75) is 20.8 Å². The Morgan fingerprint density at radius 1 is 0.969 bits per heavy atom. The first-order valence-electron chi connectivity index (χ1n) is 10.4. The van der Waals surface area contributed by atoms with Gasteiger partial charge in [0.2, 0.25) is 11.8 Å². The summed E-state index contributed by atoms with van der Waals surface area (Å²) in [7, 11) is 3.01. The van der Waals surface area contributed by atoms with Crippen LogP contribution in [0.15, 0.2) is 42.5 Å². The highest BCUT2D eigenvalue weighted by molar-refractivity contribution is 5.98. The summed E-state index contributed by atoms with van der Waals surface area (Å²) in [4.78, 5) is 39.2. The number of ether oxygens (including phenoxy) is 2. The van der Waals surface area contributed by atoms with Crippen LogP contribution in [0.1, 0.15) is 29.8 Å². The molecule has 8 nitrogen and oxygen atoms in total. The highest BCUT2D eigenvalue weighted by Gasteiger charge is 2.21. The van der Waals surface area contributed by atoms with Gasteiger partial charge in [0.25, 0.3) is 5.91 Å². The number of benzene rings is 2. The summed E-state index contributed by atoms with van der Waals surface area (Å²) in [6.07, 6.45) is 0. The molecule has 3 amide bonds. The molecule has 32 heavy (non-hydrogen) atoms. The summed E-state index contributed by atoms with van der Waals surface area (Å²) in [5, 5.41) is 5.31. The molecule has 0 spiro atoms. The molecule has 0 aliphatic carbocycles. The van der Waals surface area contributed by atoms with Crippen molar-refractivity contribution >= 4 is 23.4 Å². The number of nitrogens with zero attached hydrogens (tertiary/aromatic N) is 1. The van der Waals surface area contributed by atoms with Gasteiger partial charge in [-0.15, -0.1) is 0 Å². The number of carbonyl (C=O) groups is 3. The molecule has 0 heterocycles. The molecular formula is C24H31N3O5. The first-order valence-corrected chi connectivity index (χ1v) is 10.4. The van der Waals surface area contributed by atoms with Gasteiger partial charge in [0.1, 0.15) is 11.5 Å². The fourth-order valence-corrected chi connectivity index (χ4v) is 3.11. The number of amides is 3. The fourth-order valence-electron chi connectivity index (χ4n) is 3.11. The summed E-state index contributed by atoms with van der Waals surface area (Å²) < 4.78 is 10.5. The van der Waals surface area contributed by atoms with E-state index in [1.54, 1.807) is 24.3 Å². The second-order valence-corrected chi connectivity index (χ2v) is 7.88. The molecule has 8 heteroatoms. The third-order valence-corrected chi connectivity index (χ3v) is 4.55. The van der Waals surface area contributed by atoms with Crippen molar-refractivity contribution in [2.75, 3.05) is 39.2 Å². The smallest absolute Gasteiger partial charge is 0.254 e. The third-order valence-electron chi connectivity index (χ3n) is 4.55. The van der Waals surface area contributed by atoms with Crippen LogP contribution in [0, 0.1) is 12.8 Å². The molecular weight excluding hydrogens is 410 g/mol. The van der Waals surface area contributed by atoms with E-state index < -0.39 is 5.91 Å². The van der Waals surface area contributed by atoms with Gasteiger partial charge in [-0.1, -0.05) is 26.0 Å². The van der Waals surface area contributed by atoms with Gasteiger partial charge in [0.05, 0.1) is 27.3 Å². The van der Waals surface area contributed by atoms with Crippen molar-refractivity contribution in [1.82, 2.24) is 10.2 Å². The van der Waals surface area contributed by atoms with E-state index in [9.17, 15) is 14.4 Å². The Balaban J connectivity index is 2.02. The number of aryl methyl sites for hydroxylation is 1. The number of anilines is 1. The lowest BCUT2D eigenvalue weighted by molar-refractivity contribution is -0.124. The minimum atomic E-state index is -0.423. The number of rotatable bonds is 10. The predicted molar refractivity (Wildman–Crippen MR) is 123 cm³/mol. The van der Waals surface area contributed by atoms with Gasteiger partial charge >= 0.3 is 0 Å². The van der Waals surface area contributed by atoms with Crippen molar-refractivity contribution in [3.05, 3.63) is 53.6 Å². The van der Waals surface area contributed by atoms with Crippen LogP contribution < -0.4 is 20.1 Å². The van der Waals surface area contributed by atoms with Gasteiger partial charge in [-0.2, -0.15) is 0 Å². The topological polar surface area (TPSA) is 97.0 Å². The van der Waals surface area contributed by atoms with Crippen LogP contribution in [0.4, 0.5) is 5.69 Å². The lowest BCUT2D eigenvalue weighted by Crippen LogP contribution is -2.44. The molecule has 0 bridgehead atoms. The Morgan fingerprint density at radius 3 is 2.19 bits per heavy atom. The monoisotopic (exact) mass is 441 g/mol. The number of hydrogen-bond donors (Lipinski definition) is 2. The van der Waals surface area contributed by atoms with Gasteiger partial charge in [0.15, 0.2) is 0 Å². The SMILES string of the molecule is COc1cc(OC)cc(C(=O)N(CC(=O)NCC(=O)Nc2cccc(C)c2)CC(C)C)c1. The van der Waals surface area contributed by atoms with Crippen LogP contribution >= 0.6 is 0 Å². The maximum atomic E-state index is 13.1. The molecule has 2 aromatic carbocycles. The summed E-state index contributed by atoms with van der Waals surface area (Å²) in [5.74, 6) is 0.0135. The van der Waals surface area contributed by atoms with E-state index in [0.717, 1.165) is 5.56 Å². The van der Waals surface area contributed by atoms with E-state index in [-0.39, 0.29) is 30.8 Å². The number of methoxy groups -OCH3 is 2. The Labute approximate surface area is 188 Å². The van der Waals surface area contributed by atoms with Gasteiger partial charge in [0, 0.05) is 23.9 Å². The highest BCUT2D eigenvalue weighted by atomic mass is 16.5. The first-order chi connectivity index (χ1) is 15.2. The van der Waals surface area contributed by atoms with E-state index in [4.69, 9.17) is 9.47 Å². The molecule has 2 aromatic rings. The van der Waals surface area contributed by atoms with Crippen molar-refractivity contribution in [1.29, 1.82) is 0 Å². The second-order valence-electron chi connectivity index (χ2n) is 7.88. The Hall–Kier alpha value is -3.55. The van der Waals surface area contributed by atoms with E-state index >= 15 is 0 Å². The molecule has 2 N–H and O–H groups in total. The lowest BCUT2D eigenvalue weighted by Gasteiger charge is -2.24. The molecule has 0 unspecified atom stereocenters. The minimum Gasteiger partial charge on any atom is -0.497 e. The van der Waals surface area contributed by atoms with Gasteiger partial charge in [-0.25, -0.2) is 0 Å². The van der Waals surface area contributed by atoms with E-state index in [2.05, 4.69) is 10.6 Å². The maximum Gasteiger partial charge on any atom is 0.254 e. The van der Waals surface area contributed by atoms with E-state index in [1.165, 1.54) is 19.1 Å². The van der Waals surface area contributed by atoms with Gasteiger partial charge in [-0.3, -0.25) is 14.4 Å². The maximum absolute atomic E-state index is 13.1. The van der Waals surface area contributed by atoms with Crippen molar-refractivity contribution in [2.24, 2.45) is 5.92 Å². The zero-order valence-corrected chi connectivity index (χ0v) is 19.2. The van der Waals surface area contributed by atoms with Crippen molar-refractivity contribution in [3.63, 3.8) is 0 Å². The molecule has 0 saturated heterocycles. The molecule has 2 rings (SSSR count). The van der Waals surface area contributed by atoms with E-state index in [1.807, 2.05) is 39.0 Å². The van der Waals surface area contributed by atoms with Crippen LogP contribution in [0.2, 0.25) is 0 Å². The number of nitrogens with one attached hydrogen (secondary N) is 2. The van der Waals surface area contributed by atoms with Crippen LogP contribution in [0.5, 0.6) is 11.5 Å². The van der Waals surface area contributed by atoms with Crippen LogP contribution in [0.3, 0.4) is 0 Å². The van der Waals surface area contributed by atoms with Crippen LogP contribution in [-0.2, 0) is 9.59 Å². The predicted octanol–water partition coefficient (Wildman–Crippen LogP) is 2.87. The second kappa shape index (κ2) is 11.7. The molecule has 0 aliphatic rings. The summed E-state index contributed by atoms with van der Waals surface area (Å²) in [6.45, 7) is 5.86. The summed E-state index contributed by atoms with van der Waals surface area (Å²) in [5.41, 5.74) is 2.03. The van der Waals surface area contributed by atoms with Crippen molar-refractivity contribution in [3.8, 4) is 11.5 Å². The number of hydrogen-bond acceptors (Lipinski definition) is 5. The van der Waals surface area contributed by atoms with E-state index in [0.29, 0.717) is 29.3 Å². The third kappa shape index (κ3) is 7.61. The molecule has 0 aliphatic heterocycles. The minimum absolute atomic E-state index is 0.142. The first kappa shape index (κ1) is 24.7. The summed E-state index contributed by atoms with van der Waals surface area (Å²) >= 11 is 0. The highest BCUT2D eigenvalue weighted by Crippen LogP contribution is 2.23. The Kier molecular flexibility index (Phi) is 9.07. The fraction of sp³-hybridized carbons (Fsp3) is 0.375. The average molecular weight is 442 g/mol. The normalized spacial score (nSPS) is 10.4. The van der Waals surface area contributed by atoms with Crippen LogP contribution in [0.25, 0.3) is 0 Å². The molecule has 172 valence electrons. The molecule has 0 atom stereocenters.